The van der Waals surface area contributed by atoms with E-state index in [0.29, 0.717) is 23.4 Å². The molecule has 1 amide bonds. The number of hydrogen-bond acceptors (Lipinski definition) is 2. The van der Waals surface area contributed by atoms with Crippen molar-refractivity contribution < 1.29 is 4.79 Å². The molecule has 0 spiro atoms. The number of benzene rings is 2. The fourth-order valence-electron chi connectivity index (χ4n) is 2.56. The Kier molecular flexibility index (Phi) is 4.96. The molecule has 1 aromatic heterocycles. The van der Waals surface area contributed by atoms with Crippen LogP contribution < -0.4 is 10.9 Å². The van der Waals surface area contributed by atoms with Crippen molar-refractivity contribution in [1.29, 1.82) is 0 Å². The van der Waals surface area contributed by atoms with Crippen molar-refractivity contribution in [1.82, 2.24) is 10.3 Å². The van der Waals surface area contributed by atoms with Gasteiger partial charge in [0.25, 0.3) is 5.56 Å². The van der Waals surface area contributed by atoms with Gasteiger partial charge in [-0.15, -0.1) is 0 Å². The molecule has 24 heavy (non-hydrogen) atoms. The summed E-state index contributed by atoms with van der Waals surface area (Å²) in [7, 11) is 0. The molecule has 0 unspecified atom stereocenters. The SMILES string of the molecule is O=C(CCc1ccccc1Cl)NCc1cc2ccccc2[nH]c1=O. The van der Waals surface area contributed by atoms with Gasteiger partial charge < -0.3 is 10.3 Å². The highest BCUT2D eigenvalue weighted by atomic mass is 35.5. The van der Waals surface area contributed by atoms with Gasteiger partial charge in [-0.05, 0) is 35.6 Å². The Morgan fingerprint density at radius 1 is 1.04 bits per heavy atom. The van der Waals surface area contributed by atoms with Gasteiger partial charge >= 0.3 is 0 Å². The Bertz CT molecular complexity index is 934. The average molecular weight is 341 g/mol. The van der Waals surface area contributed by atoms with E-state index >= 15 is 0 Å². The van der Waals surface area contributed by atoms with E-state index in [0.717, 1.165) is 16.5 Å². The Hall–Kier alpha value is -2.59. The number of pyridine rings is 1. The summed E-state index contributed by atoms with van der Waals surface area (Å²) < 4.78 is 0. The maximum absolute atomic E-state index is 12.0. The molecule has 0 atom stereocenters. The van der Waals surface area contributed by atoms with Crippen LogP contribution in [0.25, 0.3) is 10.9 Å². The molecule has 0 saturated carbocycles. The molecule has 0 fully saturated rings. The molecule has 5 heteroatoms. The van der Waals surface area contributed by atoms with Gasteiger partial charge in [-0.3, -0.25) is 9.59 Å². The predicted molar refractivity (Wildman–Crippen MR) is 96.2 cm³/mol. The third-order valence-corrected chi connectivity index (χ3v) is 4.25. The third kappa shape index (κ3) is 3.84. The Labute approximate surface area is 144 Å². The number of H-pyrrole nitrogens is 1. The zero-order valence-electron chi connectivity index (χ0n) is 13.0. The molecule has 3 rings (SSSR count). The monoisotopic (exact) mass is 340 g/mol. The topological polar surface area (TPSA) is 62.0 Å². The molecular formula is C19H17ClN2O2. The predicted octanol–water partition coefficient (Wildman–Crippen LogP) is 3.43. The normalized spacial score (nSPS) is 10.7. The van der Waals surface area contributed by atoms with Gasteiger partial charge in [0.05, 0.1) is 0 Å². The lowest BCUT2D eigenvalue weighted by Crippen LogP contribution is -2.26. The number of para-hydroxylation sites is 1. The van der Waals surface area contributed by atoms with Crippen LogP contribution in [0.1, 0.15) is 17.5 Å². The van der Waals surface area contributed by atoms with Gasteiger partial charge in [-0.1, -0.05) is 48.0 Å². The number of amides is 1. The fourth-order valence-corrected chi connectivity index (χ4v) is 2.79. The number of aromatic nitrogens is 1. The largest absolute Gasteiger partial charge is 0.352 e. The van der Waals surface area contributed by atoms with Crippen LogP contribution in [0, 0.1) is 0 Å². The Morgan fingerprint density at radius 3 is 2.62 bits per heavy atom. The lowest BCUT2D eigenvalue weighted by atomic mass is 10.1. The van der Waals surface area contributed by atoms with E-state index < -0.39 is 0 Å². The van der Waals surface area contributed by atoms with Crippen LogP contribution in [0.3, 0.4) is 0 Å². The molecular weight excluding hydrogens is 324 g/mol. The smallest absolute Gasteiger partial charge is 0.253 e. The molecule has 0 saturated heterocycles. The Balaban J connectivity index is 1.61. The summed E-state index contributed by atoms with van der Waals surface area (Å²) in [4.78, 5) is 26.9. The lowest BCUT2D eigenvalue weighted by molar-refractivity contribution is -0.121. The molecule has 0 radical (unpaired) electrons. The minimum atomic E-state index is -0.180. The second-order valence-electron chi connectivity index (χ2n) is 5.58. The standard InChI is InChI=1S/C19H17ClN2O2/c20-16-7-3-1-5-13(16)9-10-18(23)21-12-15-11-14-6-2-4-8-17(14)22-19(15)24/h1-8,11H,9-10,12H2,(H,21,23)(H,22,24). The van der Waals surface area contributed by atoms with E-state index in [4.69, 9.17) is 11.6 Å². The van der Waals surface area contributed by atoms with Crippen LogP contribution in [0.2, 0.25) is 5.02 Å². The molecule has 1 heterocycles. The van der Waals surface area contributed by atoms with Crippen LogP contribution in [-0.4, -0.2) is 10.9 Å². The quantitative estimate of drug-likeness (QED) is 0.747. The molecule has 0 aliphatic rings. The Morgan fingerprint density at radius 2 is 1.79 bits per heavy atom. The molecule has 0 aliphatic carbocycles. The second kappa shape index (κ2) is 7.32. The summed E-state index contributed by atoms with van der Waals surface area (Å²) in [6.45, 7) is 0.210. The third-order valence-electron chi connectivity index (χ3n) is 3.89. The number of carbonyl (C=O) groups is 1. The maximum Gasteiger partial charge on any atom is 0.253 e. The number of nitrogens with one attached hydrogen (secondary N) is 2. The molecule has 2 N–H and O–H groups in total. The number of aromatic amines is 1. The minimum Gasteiger partial charge on any atom is -0.352 e. The van der Waals surface area contributed by atoms with Gasteiger partial charge in [0.15, 0.2) is 0 Å². The van der Waals surface area contributed by atoms with Gasteiger partial charge in [-0.25, -0.2) is 0 Å². The summed E-state index contributed by atoms with van der Waals surface area (Å²) >= 11 is 6.08. The van der Waals surface area contributed by atoms with Gasteiger partial charge in [0, 0.05) is 29.1 Å². The molecule has 4 nitrogen and oxygen atoms in total. The summed E-state index contributed by atoms with van der Waals surface area (Å²) in [6.07, 6.45) is 0.898. The maximum atomic E-state index is 12.0. The minimum absolute atomic E-state index is 0.109. The van der Waals surface area contributed by atoms with Crippen LogP contribution in [-0.2, 0) is 17.8 Å². The summed E-state index contributed by atoms with van der Waals surface area (Å²) in [5.41, 5.74) is 2.09. The molecule has 2 aromatic carbocycles. The highest BCUT2D eigenvalue weighted by Gasteiger charge is 2.07. The van der Waals surface area contributed by atoms with Crippen LogP contribution in [0.4, 0.5) is 0 Å². The first-order valence-electron chi connectivity index (χ1n) is 7.74. The summed E-state index contributed by atoms with van der Waals surface area (Å²) in [5.74, 6) is -0.109. The lowest BCUT2D eigenvalue weighted by Gasteiger charge is -2.07. The van der Waals surface area contributed by atoms with Crippen molar-refractivity contribution in [3.63, 3.8) is 0 Å². The number of rotatable bonds is 5. The second-order valence-corrected chi connectivity index (χ2v) is 5.99. The number of fused-ring (bicyclic) bond motifs is 1. The van der Waals surface area contributed by atoms with E-state index in [2.05, 4.69) is 10.3 Å². The molecule has 0 aliphatic heterocycles. The van der Waals surface area contributed by atoms with Crippen molar-refractivity contribution in [2.45, 2.75) is 19.4 Å². The first-order valence-corrected chi connectivity index (χ1v) is 8.12. The number of halogens is 1. The van der Waals surface area contributed by atoms with E-state index in [1.54, 1.807) is 0 Å². The van der Waals surface area contributed by atoms with Gasteiger partial charge in [0.1, 0.15) is 0 Å². The molecule has 0 bridgehead atoms. The van der Waals surface area contributed by atoms with Crippen molar-refractivity contribution in [3.8, 4) is 0 Å². The van der Waals surface area contributed by atoms with Crippen LogP contribution >= 0.6 is 11.6 Å². The first kappa shape index (κ1) is 16.3. The van der Waals surface area contributed by atoms with Crippen molar-refractivity contribution >= 4 is 28.4 Å². The van der Waals surface area contributed by atoms with E-state index in [1.807, 2.05) is 54.6 Å². The molecule has 3 aromatic rings. The summed E-state index contributed by atoms with van der Waals surface area (Å²) in [5, 5.41) is 4.40. The summed E-state index contributed by atoms with van der Waals surface area (Å²) in [6, 6.07) is 16.8. The number of carbonyl (C=O) groups excluding carboxylic acids is 1. The van der Waals surface area contributed by atoms with Crippen molar-refractivity contribution in [3.05, 3.63) is 81.1 Å². The van der Waals surface area contributed by atoms with E-state index in [1.165, 1.54) is 0 Å². The number of aryl methyl sites for hydroxylation is 1. The van der Waals surface area contributed by atoms with Crippen molar-refractivity contribution in [2.75, 3.05) is 0 Å². The number of hydrogen-bond donors (Lipinski definition) is 2. The van der Waals surface area contributed by atoms with Crippen LogP contribution in [0.15, 0.2) is 59.4 Å². The van der Waals surface area contributed by atoms with Gasteiger partial charge in [0.2, 0.25) is 5.91 Å². The fraction of sp³-hybridized carbons (Fsp3) is 0.158. The van der Waals surface area contributed by atoms with E-state index in [9.17, 15) is 9.59 Å². The van der Waals surface area contributed by atoms with Gasteiger partial charge in [-0.2, -0.15) is 0 Å². The van der Waals surface area contributed by atoms with Crippen molar-refractivity contribution in [2.24, 2.45) is 0 Å². The average Bonchev–Trinajstić information content (AvgIpc) is 2.59. The van der Waals surface area contributed by atoms with E-state index in [-0.39, 0.29) is 18.0 Å². The molecule has 122 valence electrons. The zero-order valence-corrected chi connectivity index (χ0v) is 13.8. The van der Waals surface area contributed by atoms with Crippen LogP contribution in [0.5, 0.6) is 0 Å². The highest BCUT2D eigenvalue weighted by molar-refractivity contribution is 6.31. The highest BCUT2D eigenvalue weighted by Crippen LogP contribution is 2.16. The zero-order chi connectivity index (χ0) is 16.9. The first-order chi connectivity index (χ1) is 11.6.